The van der Waals surface area contributed by atoms with Crippen molar-refractivity contribution in [1.82, 2.24) is 9.88 Å². The molecule has 0 atom stereocenters. The molecule has 7 heteroatoms. The van der Waals surface area contributed by atoms with Crippen LogP contribution in [0, 0.1) is 11.3 Å². The number of carbonyl (C=O) groups is 1. The van der Waals surface area contributed by atoms with Crippen LogP contribution in [0.1, 0.15) is 16.1 Å². The van der Waals surface area contributed by atoms with Gasteiger partial charge in [-0.3, -0.25) is 4.79 Å². The van der Waals surface area contributed by atoms with Crippen molar-refractivity contribution >= 4 is 23.4 Å². The molecule has 2 heterocycles. The SMILES string of the molecule is N#Cc1nc(-c2ccc(Cl)cc2)oc1N1CCN(C(=O)c2ccccc2)CC1. The third kappa shape index (κ3) is 3.57. The van der Waals surface area contributed by atoms with E-state index in [4.69, 9.17) is 16.0 Å². The monoisotopic (exact) mass is 392 g/mol. The molecule has 1 aliphatic heterocycles. The summed E-state index contributed by atoms with van der Waals surface area (Å²) in [4.78, 5) is 20.7. The van der Waals surface area contributed by atoms with Crippen molar-refractivity contribution in [3.05, 3.63) is 70.9 Å². The molecule has 3 aromatic rings. The van der Waals surface area contributed by atoms with E-state index in [-0.39, 0.29) is 11.6 Å². The number of benzene rings is 2. The van der Waals surface area contributed by atoms with Crippen LogP contribution in [0.2, 0.25) is 5.02 Å². The largest absolute Gasteiger partial charge is 0.419 e. The van der Waals surface area contributed by atoms with E-state index in [1.165, 1.54) is 0 Å². The van der Waals surface area contributed by atoms with Crippen LogP contribution in [0.5, 0.6) is 0 Å². The topological polar surface area (TPSA) is 73.4 Å². The van der Waals surface area contributed by atoms with Gasteiger partial charge in [0.25, 0.3) is 5.91 Å². The van der Waals surface area contributed by atoms with Gasteiger partial charge in [0, 0.05) is 42.3 Å². The van der Waals surface area contributed by atoms with Crippen molar-refractivity contribution in [2.24, 2.45) is 0 Å². The Morgan fingerprint density at radius 2 is 1.71 bits per heavy atom. The van der Waals surface area contributed by atoms with Gasteiger partial charge in [0.15, 0.2) is 0 Å². The van der Waals surface area contributed by atoms with Gasteiger partial charge in [0.1, 0.15) is 6.07 Å². The number of aromatic nitrogens is 1. The van der Waals surface area contributed by atoms with Crippen molar-refractivity contribution in [3.63, 3.8) is 0 Å². The minimum atomic E-state index is 0.0141. The van der Waals surface area contributed by atoms with E-state index in [1.54, 1.807) is 24.3 Å². The van der Waals surface area contributed by atoms with Crippen LogP contribution in [-0.2, 0) is 0 Å². The zero-order chi connectivity index (χ0) is 19.5. The standard InChI is InChI=1S/C21H17ClN4O2/c22-17-8-6-15(7-9-17)19-24-18(14-23)21(28-19)26-12-10-25(11-13-26)20(27)16-4-2-1-3-5-16/h1-9H,10-13H2. The predicted octanol–water partition coefficient (Wildman–Crippen LogP) is 3.83. The maximum Gasteiger partial charge on any atom is 0.253 e. The number of piperazine rings is 1. The summed E-state index contributed by atoms with van der Waals surface area (Å²) in [5.41, 5.74) is 1.68. The van der Waals surface area contributed by atoms with Gasteiger partial charge in [-0.15, -0.1) is 0 Å². The zero-order valence-corrected chi connectivity index (χ0v) is 15.8. The number of halogens is 1. The molecule has 0 unspecified atom stereocenters. The minimum Gasteiger partial charge on any atom is -0.419 e. The van der Waals surface area contributed by atoms with Gasteiger partial charge in [-0.25, -0.2) is 0 Å². The van der Waals surface area contributed by atoms with E-state index in [1.807, 2.05) is 40.1 Å². The average Bonchev–Trinajstić information content (AvgIpc) is 3.19. The Morgan fingerprint density at radius 3 is 2.36 bits per heavy atom. The second-order valence-electron chi connectivity index (χ2n) is 6.44. The molecule has 2 aromatic carbocycles. The molecule has 0 saturated carbocycles. The van der Waals surface area contributed by atoms with Crippen LogP contribution >= 0.6 is 11.6 Å². The summed E-state index contributed by atoms with van der Waals surface area (Å²) in [6.07, 6.45) is 0. The summed E-state index contributed by atoms with van der Waals surface area (Å²) >= 11 is 5.92. The number of hydrogen-bond acceptors (Lipinski definition) is 5. The molecule has 6 nitrogen and oxygen atoms in total. The second kappa shape index (κ2) is 7.75. The molecular formula is C21H17ClN4O2. The number of nitriles is 1. The number of oxazole rings is 1. The Kier molecular flexibility index (Phi) is 5.00. The fraction of sp³-hybridized carbons (Fsp3) is 0.190. The highest BCUT2D eigenvalue weighted by molar-refractivity contribution is 6.30. The zero-order valence-electron chi connectivity index (χ0n) is 15.0. The molecule has 1 aliphatic rings. The molecule has 28 heavy (non-hydrogen) atoms. The Balaban J connectivity index is 1.49. The smallest absolute Gasteiger partial charge is 0.253 e. The van der Waals surface area contributed by atoms with Gasteiger partial charge >= 0.3 is 0 Å². The van der Waals surface area contributed by atoms with E-state index < -0.39 is 0 Å². The third-order valence-corrected chi connectivity index (χ3v) is 4.93. The van der Waals surface area contributed by atoms with Gasteiger partial charge in [-0.1, -0.05) is 29.8 Å². The quantitative estimate of drug-likeness (QED) is 0.677. The first-order chi connectivity index (χ1) is 13.7. The van der Waals surface area contributed by atoms with Crippen molar-refractivity contribution in [2.45, 2.75) is 0 Å². The molecule has 1 saturated heterocycles. The number of amides is 1. The fourth-order valence-electron chi connectivity index (χ4n) is 3.19. The maximum atomic E-state index is 12.6. The molecule has 1 aromatic heterocycles. The fourth-order valence-corrected chi connectivity index (χ4v) is 3.32. The Morgan fingerprint density at radius 1 is 1.04 bits per heavy atom. The van der Waals surface area contributed by atoms with Gasteiger partial charge in [0.05, 0.1) is 0 Å². The predicted molar refractivity (Wildman–Crippen MR) is 106 cm³/mol. The van der Waals surface area contributed by atoms with Crippen LogP contribution in [0.15, 0.2) is 59.0 Å². The van der Waals surface area contributed by atoms with Crippen molar-refractivity contribution < 1.29 is 9.21 Å². The summed E-state index contributed by atoms with van der Waals surface area (Å²) in [5.74, 6) is 0.838. The first-order valence-electron chi connectivity index (χ1n) is 8.92. The van der Waals surface area contributed by atoms with Crippen LogP contribution in [-0.4, -0.2) is 42.0 Å². The lowest BCUT2D eigenvalue weighted by atomic mass is 10.2. The van der Waals surface area contributed by atoms with E-state index in [2.05, 4.69) is 11.1 Å². The normalized spacial score (nSPS) is 14.0. The molecule has 140 valence electrons. The second-order valence-corrected chi connectivity index (χ2v) is 6.87. The first-order valence-corrected chi connectivity index (χ1v) is 9.29. The highest BCUT2D eigenvalue weighted by atomic mass is 35.5. The molecule has 1 amide bonds. The summed E-state index contributed by atoms with van der Waals surface area (Å²) in [5, 5.41) is 10.1. The van der Waals surface area contributed by atoms with Gasteiger partial charge in [-0.05, 0) is 36.4 Å². The lowest BCUT2D eigenvalue weighted by Gasteiger charge is -2.34. The Labute approximate surface area is 167 Å². The molecule has 0 bridgehead atoms. The third-order valence-electron chi connectivity index (χ3n) is 4.68. The number of nitrogens with zero attached hydrogens (tertiary/aromatic N) is 4. The van der Waals surface area contributed by atoms with Gasteiger partial charge < -0.3 is 14.2 Å². The molecular weight excluding hydrogens is 376 g/mol. The molecule has 0 aliphatic carbocycles. The summed E-state index contributed by atoms with van der Waals surface area (Å²) < 4.78 is 5.90. The highest BCUT2D eigenvalue weighted by Gasteiger charge is 2.27. The lowest BCUT2D eigenvalue weighted by molar-refractivity contribution is 0.0745. The molecule has 0 radical (unpaired) electrons. The maximum absolute atomic E-state index is 12.6. The Bertz CT molecular complexity index is 1020. The summed E-state index contributed by atoms with van der Waals surface area (Å²) in [7, 11) is 0. The number of rotatable bonds is 3. The van der Waals surface area contributed by atoms with Crippen LogP contribution in [0.3, 0.4) is 0 Å². The molecule has 1 fully saturated rings. The highest BCUT2D eigenvalue weighted by Crippen LogP contribution is 2.29. The molecule has 4 rings (SSSR count). The number of carbonyl (C=O) groups excluding carboxylic acids is 1. The number of hydrogen-bond donors (Lipinski definition) is 0. The molecule has 0 N–H and O–H groups in total. The summed E-state index contributed by atoms with van der Waals surface area (Å²) in [6, 6.07) is 18.4. The minimum absolute atomic E-state index is 0.0141. The molecule has 0 spiro atoms. The van der Waals surface area contributed by atoms with Crippen LogP contribution in [0.4, 0.5) is 5.88 Å². The van der Waals surface area contributed by atoms with E-state index >= 15 is 0 Å². The van der Waals surface area contributed by atoms with Gasteiger partial charge in [-0.2, -0.15) is 10.2 Å². The van der Waals surface area contributed by atoms with E-state index in [0.29, 0.717) is 48.5 Å². The first kappa shape index (κ1) is 18.1. The van der Waals surface area contributed by atoms with Crippen molar-refractivity contribution in [3.8, 4) is 17.5 Å². The summed E-state index contributed by atoms with van der Waals surface area (Å²) in [6.45, 7) is 2.25. The Hall–Kier alpha value is -3.30. The van der Waals surface area contributed by atoms with E-state index in [9.17, 15) is 10.1 Å². The number of anilines is 1. The van der Waals surface area contributed by atoms with Crippen molar-refractivity contribution in [1.29, 1.82) is 5.26 Å². The van der Waals surface area contributed by atoms with Crippen molar-refractivity contribution in [2.75, 3.05) is 31.1 Å². The van der Waals surface area contributed by atoms with Crippen LogP contribution < -0.4 is 4.90 Å². The van der Waals surface area contributed by atoms with E-state index in [0.717, 1.165) is 5.56 Å². The van der Waals surface area contributed by atoms with Gasteiger partial charge in [0.2, 0.25) is 17.5 Å². The average molecular weight is 393 g/mol. The lowest BCUT2D eigenvalue weighted by Crippen LogP contribution is -2.48. The van der Waals surface area contributed by atoms with Crippen LogP contribution in [0.25, 0.3) is 11.5 Å².